The van der Waals surface area contributed by atoms with E-state index >= 15 is 0 Å². The van der Waals surface area contributed by atoms with Crippen LogP contribution in [0.2, 0.25) is 15.1 Å². The lowest BCUT2D eigenvalue weighted by molar-refractivity contribution is -0.139. The molecule has 1 N–H and O–H groups in total. The second-order valence-electron chi connectivity index (χ2n) is 9.07. The highest BCUT2D eigenvalue weighted by atomic mass is 35.5. The van der Waals surface area contributed by atoms with Crippen LogP contribution in [0.15, 0.2) is 77.7 Å². The third-order valence-electron chi connectivity index (χ3n) is 6.23. The molecule has 0 fully saturated rings. The Morgan fingerprint density at radius 1 is 0.897 bits per heavy atom. The molecule has 0 aromatic heterocycles. The third-order valence-corrected chi connectivity index (χ3v) is 9.01. The second-order valence-corrected chi connectivity index (χ2v) is 12.2. The Hall–Kier alpha value is -2.78. The van der Waals surface area contributed by atoms with Gasteiger partial charge in [0.1, 0.15) is 12.6 Å². The van der Waals surface area contributed by atoms with E-state index in [1.165, 1.54) is 29.2 Å². The van der Waals surface area contributed by atoms with Crippen molar-refractivity contribution in [2.45, 2.75) is 50.7 Å². The average molecular weight is 611 g/mol. The lowest BCUT2D eigenvalue weighted by Gasteiger charge is -2.32. The normalized spacial score (nSPS) is 12.9. The highest BCUT2D eigenvalue weighted by molar-refractivity contribution is 7.92. The average Bonchev–Trinajstić information content (AvgIpc) is 2.92. The van der Waals surface area contributed by atoms with Crippen LogP contribution in [0.25, 0.3) is 0 Å². The maximum atomic E-state index is 13.9. The highest BCUT2D eigenvalue weighted by Gasteiger charge is 2.32. The number of nitrogens with one attached hydrogen (secondary N) is 1. The summed E-state index contributed by atoms with van der Waals surface area (Å²) in [6.45, 7) is 4.86. The van der Waals surface area contributed by atoms with Crippen LogP contribution in [0, 0.1) is 0 Å². The van der Waals surface area contributed by atoms with Gasteiger partial charge in [-0.1, -0.05) is 66.0 Å². The van der Waals surface area contributed by atoms with Gasteiger partial charge in [-0.3, -0.25) is 13.9 Å². The van der Waals surface area contributed by atoms with E-state index < -0.39 is 28.5 Å². The summed E-state index contributed by atoms with van der Waals surface area (Å²) in [5.74, 6) is -0.941. The Morgan fingerprint density at radius 3 is 2.13 bits per heavy atom. The minimum atomic E-state index is -4.15. The van der Waals surface area contributed by atoms with E-state index in [-0.39, 0.29) is 29.1 Å². The predicted octanol–water partition coefficient (Wildman–Crippen LogP) is 6.17. The molecule has 0 aliphatic rings. The van der Waals surface area contributed by atoms with Gasteiger partial charge < -0.3 is 10.2 Å². The number of halogens is 3. The molecule has 0 saturated heterocycles. The smallest absolute Gasteiger partial charge is 0.264 e. The number of nitrogens with zero attached hydrogens (tertiary/aromatic N) is 2. The number of amides is 2. The lowest BCUT2D eigenvalue weighted by Crippen LogP contribution is -2.52. The summed E-state index contributed by atoms with van der Waals surface area (Å²) >= 11 is 18.3. The van der Waals surface area contributed by atoms with Crippen molar-refractivity contribution < 1.29 is 18.0 Å². The number of carbonyl (C=O) groups is 2. The van der Waals surface area contributed by atoms with Crippen LogP contribution >= 0.6 is 34.8 Å². The van der Waals surface area contributed by atoms with Crippen LogP contribution in [-0.4, -0.2) is 43.8 Å². The van der Waals surface area contributed by atoms with Gasteiger partial charge in [0.2, 0.25) is 11.8 Å². The fourth-order valence-electron chi connectivity index (χ4n) is 3.74. The first kappa shape index (κ1) is 30.8. The number of hydrogen-bond donors (Lipinski definition) is 1. The molecule has 11 heteroatoms. The van der Waals surface area contributed by atoms with E-state index in [1.807, 2.05) is 13.8 Å². The van der Waals surface area contributed by atoms with Gasteiger partial charge in [0.25, 0.3) is 10.0 Å². The monoisotopic (exact) mass is 609 g/mol. The van der Waals surface area contributed by atoms with Gasteiger partial charge in [0, 0.05) is 17.6 Å². The van der Waals surface area contributed by atoms with Crippen LogP contribution in [-0.2, 0) is 26.2 Å². The largest absolute Gasteiger partial charge is 0.352 e. The van der Waals surface area contributed by atoms with Crippen LogP contribution in [0.4, 0.5) is 5.69 Å². The van der Waals surface area contributed by atoms with E-state index in [4.69, 9.17) is 34.8 Å². The lowest BCUT2D eigenvalue weighted by atomic mass is 10.1. The summed E-state index contributed by atoms with van der Waals surface area (Å²) in [4.78, 5) is 28.3. The Kier molecular flexibility index (Phi) is 10.7. The summed E-state index contributed by atoms with van der Waals surface area (Å²) in [5, 5.41) is 3.96. The minimum Gasteiger partial charge on any atom is -0.352 e. The molecule has 0 bridgehead atoms. The maximum Gasteiger partial charge on any atom is 0.264 e. The quantitative estimate of drug-likeness (QED) is 0.281. The van der Waals surface area contributed by atoms with Crippen LogP contribution in [0.1, 0.15) is 32.8 Å². The van der Waals surface area contributed by atoms with E-state index in [9.17, 15) is 18.0 Å². The van der Waals surface area contributed by atoms with Gasteiger partial charge in [0.05, 0.1) is 20.6 Å². The molecule has 0 aliphatic heterocycles. The third kappa shape index (κ3) is 7.88. The Balaban J connectivity index is 2.02. The number of benzene rings is 3. The molecule has 7 nitrogen and oxygen atoms in total. The number of carbonyl (C=O) groups excluding carboxylic acids is 2. The van der Waals surface area contributed by atoms with Crippen molar-refractivity contribution in [1.29, 1.82) is 0 Å². The van der Waals surface area contributed by atoms with Crippen molar-refractivity contribution >= 4 is 62.3 Å². The van der Waals surface area contributed by atoms with Gasteiger partial charge in [-0.2, -0.15) is 0 Å². The molecule has 0 spiro atoms. The zero-order valence-corrected chi connectivity index (χ0v) is 24.9. The van der Waals surface area contributed by atoms with E-state index in [0.29, 0.717) is 27.1 Å². The molecule has 0 radical (unpaired) electrons. The van der Waals surface area contributed by atoms with Crippen molar-refractivity contribution in [2.75, 3.05) is 10.8 Å². The topological polar surface area (TPSA) is 86.8 Å². The molecule has 3 rings (SSSR count). The maximum absolute atomic E-state index is 13.9. The second kappa shape index (κ2) is 13.5. The summed E-state index contributed by atoms with van der Waals surface area (Å²) in [6, 6.07) is 17.9. The molecule has 3 aromatic rings. The predicted molar refractivity (Wildman–Crippen MR) is 157 cm³/mol. The highest BCUT2D eigenvalue weighted by Crippen LogP contribution is 2.27. The molecule has 0 aliphatic carbocycles. The van der Waals surface area contributed by atoms with Crippen LogP contribution in [0.3, 0.4) is 0 Å². The van der Waals surface area contributed by atoms with E-state index in [0.717, 1.165) is 4.31 Å². The number of hydrogen-bond acceptors (Lipinski definition) is 4. The van der Waals surface area contributed by atoms with Gasteiger partial charge >= 0.3 is 0 Å². The first-order valence-electron chi connectivity index (χ1n) is 12.3. The molecule has 0 unspecified atom stereocenters. The van der Waals surface area contributed by atoms with Crippen molar-refractivity contribution in [3.8, 4) is 0 Å². The molecule has 39 heavy (non-hydrogen) atoms. The summed E-state index contributed by atoms with van der Waals surface area (Å²) in [7, 11) is -4.15. The van der Waals surface area contributed by atoms with Crippen LogP contribution < -0.4 is 9.62 Å². The van der Waals surface area contributed by atoms with Crippen molar-refractivity contribution in [3.05, 3.63) is 93.4 Å². The van der Waals surface area contributed by atoms with Crippen molar-refractivity contribution in [1.82, 2.24) is 10.2 Å². The van der Waals surface area contributed by atoms with E-state index in [1.54, 1.807) is 55.5 Å². The SMILES string of the molecule is CC[C@H](C)NC(=O)[C@H](C)N(Cc1ccc(Cl)c(Cl)c1)C(=O)CN(c1ccc(Cl)cc1)S(=O)(=O)c1ccccc1. The number of sulfonamides is 1. The molecule has 0 saturated carbocycles. The van der Waals surface area contributed by atoms with Crippen LogP contribution in [0.5, 0.6) is 0 Å². The fourth-order valence-corrected chi connectivity index (χ4v) is 5.62. The Morgan fingerprint density at radius 2 is 1.54 bits per heavy atom. The molecular formula is C28H30Cl3N3O4S. The van der Waals surface area contributed by atoms with Gasteiger partial charge in [-0.15, -0.1) is 0 Å². The van der Waals surface area contributed by atoms with Crippen molar-refractivity contribution in [3.63, 3.8) is 0 Å². The standard InChI is InChI=1S/C28H30Cl3N3O4S/c1-4-19(2)32-28(36)20(3)33(17-21-10-15-25(30)26(31)16-21)27(35)18-34(23-13-11-22(29)12-14-23)39(37,38)24-8-6-5-7-9-24/h5-16,19-20H,4,17-18H2,1-3H3,(H,32,36)/t19-,20-/m0/s1. The zero-order chi connectivity index (χ0) is 28.7. The molecule has 2 amide bonds. The van der Waals surface area contributed by atoms with Gasteiger partial charge in [-0.05, 0) is 74.4 Å². The Labute approximate surface area is 244 Å². The first-order valence-corrected chi connectivity index (χ1v) is 14.9. The van der Waals surface area contributed by atoms with Gasteiger partial charge in [0.15, 0.2) is 0 Å². The molecule has 2 atom stereocenters. The summed E-state index contributed by atoms with van der Waals surface area (Å²) in [6.07, 6.45) is 0.707. The molecular weight excluding hydrogens is 581 g/mol. The molecule has 0 heterocycles. The minimum absolute atomic E-state index is 0.00462. The van der Waals surface area contributed by atoms with Gasteiger partial charge in [-0.25, -0.2) is 8.42 Å². The number of anilines is 1. The molecule has 208 valence electrons. The molecule has 3 aromatic carbocycles. The summed E-state index contributed by atoms with van der Waals surface area (Å²) < 4.78 is 28.4. The Bertz CT molecular complexity index is 1400. The summed E-state index contributed by atoms with van der Waals surface area (Å²) in [5.41, 5.74) is 0.882. The fraction of sp³-hybridized carbons (Fsp3) is 0.286. The number of rotatable bonds is 11. The van der Waals surface area contributed by atoms with E-state index in [2.05, 4.69) is 5.32 Å². The zero-order valence-electron chi connectivity index (χ0n) is 21.8. The van der Waals surface area contributed by atoms with Crippen molar-refractivity contribution in [2.24, 2.45) is 0 Å². The first-order chi connectivity index (χ1) is 18.4.